The first-order valence-electron chi connectivity index (χ1n) is 13.4. The number of ether oxygens (including phenoxy) is 3. The van der Waals surface area contributed by atoms with Gasteiger partial charge < -0.3 is 19.3 Å². The molecule has 4 heteroatoms. The van der Waals surface area contributed by atoms with Crippen LogP contribution in [0.5, 0.6) is 17.2 Å². The molecule has 1 aliphatic heterocycles. The van der Waals surface area contributed by atoms with E-state index < -0.39 is 6.10 Å². The summed E-state index contributed by atoms with van der Waals surface area (Å²) in [4.78, 5) is 0. The van der Waals surface area contributed by atoms with Crippen LogP contribution in [0.25, 0.3) is 10.8 Å². The number of aliphatic hydroxyl groups is 1. The van der Waals surface area contributed by atoms with E-state index in [1.54, 1.807) is 7.11 Å². The summed E-state index contributed by atoms with van der Waals surface area (Å²) in [7, 11) is 1.58. The molecule has 5 rings (SSSR count). The van der Waals surface area contributed by atoms with E-state index in [4.69, 9.17) is 14.2 Å². The molecule has 0 saturated heterocycles. The van der Waals surface area contributed by atoms with Gasteiger partial charge in [-0.2, -0.15) is 0 Å². The van der Waals surface area contributed by atoms with Gasteiger partial charge in [0.05, 0.1) is 6.61 Å². The van der Waals surface area contributed by atoms with Gasteiger partial charge in [0.2, 0.25) is 0 Å². The highest BCUT2D eigenvalue weighted by Gasteiger charge is 2.37. The number of fused-ring (bicyclic) bond motifs is 3. The summed E-state index contributed by atoms with van der Waals surface area (Å²) in [5, 5.41) is 12.8. The van der Waals surface area contributed by atoms with Crippen LogP contribution in [0, 0.1) is 48.5 Å². The predicted octanol–water partition coefficient (Wildman–Crippen LogP) is 7.67. The topological polar surface area (TPSA) is 47.9 Å². The van der Waals surface area contributed by atoms with Gasteiger partial charge in [0.25, 0.3) is 0 Å². The van der Waals surface area contributed by atoms with Crippen LogP contribution in [0.1, 0.15) is 61.6 Å². The number of rotatable bonds is 6. The molecule has 1 heterocycles. The van der Waals surface area contributed by atoms with E-state index in [2.05, 4.69) is 90.9 Å². The Morgan fingerprint density at radius 1 is 0.711 bits per heavy atom. The zero-order chi connectivity index (χ0) is 27.3. The fraction of sp³-hybridized carbons (Fsp3) is 0.353. The second-order valence-corrected chi connectivity index (χ2v) is 10.8. The first-order valence-corrected chi connectivity index (χ1v) is 13.4. The van der Waals surface area contributed by atoms with Gasteiger partial charge in [0.1, 0.15) is 30.0 Å². The lowest BCUT2D eigenvalue weighted by Crippen LogP contribution is -2.24. The van der Waals surface area contributed by atoms with E-state index >= 15 is 0 Å². The molecule has 0 amide bonds. The second kappa shape index (κ2) is 10.1. The van der Waals surface area contributed by atoms with Crippen LogP contribution in [-0.2, 0) is 4.74 Å². The number of benzene rings is 4. The van der Waals surface area contributed by atoms with E-state index in [-0.39, 0.29) is 19.1 Å². The first-order chi connectivity index (χ1) is 18.1. The van der Waals surface area contributed by atoms with Crippen molar-refractivity contribution >= 4 is 10.8 Å². The normalized spacial score (nSPS) is 15.1. The fourth-order valence-electron chi connectivity index (χ4n) is 5.99. The third-order valence-electron chi connectivity index (χ3n) is 8.58. The maximum absolute atomic E-state index is 10.3. The van der Waals surface area contributed by atoms with Crippen LogP contribution < -0.4 is 9.47 Å². The smallest absolute Gasteiger partial charge is 0.135 e. The van der Waals surface area contributed by atoms with Crippen molar-refractivity contribution in [3.63, 3.8) is 0 Å². The fourth-order valence-corrected chi connectivity index (χ4v) is 5.99. The van der Waals surface area contributed by atoms with Crippen molar-refractivity contribution in [1.29, 1.82) is 0 Å². The van der Waals surface area contributed by atoms with Crippen molar-refractivity contribution < 1.29 is 19.3 Å². The Kier molecular flexibility index (Phi) is 6.97. The highest BCUT2D eigenvalue weighted by Crippen LogP contribution is 2.55. The van der Waals surface area contributed by atoms with E-state index in [1.807, 2.05) is 0 Å². The molecule has 0 fully saturated rings. The van der Waals surface area contributed by atoms with Crippen LogP contribution in [0.3, 0.4) is 0 Å². The molecular formula is C34H38O4. The van der Waals surface area contributed by atoms with E-state index in [9.17, 15) is 5.11 Å². The monoisotopic (exact) mass is 510 g/mol. The molecule has 4 nitrogen and oxygen atoms in total. The van der Waals surface area contributed by atoms with Crippen molar-refractivity contribution in [2.75, 3.05) is 20.3 Å². The molecule has 38 heavy (non-hydrogen) atoms. The van der Waals surface area contributed by atoms with Crippen LogP contribution >= 0.6 is 0 Å². The largest absolute Gasteiger partial charge is 0.490 e. The first kappa shape index (κ1) is 26.3. The van der Waals surface area contributed by atoms with Crippen LogP contribution in [-0.4, -0.2) is 31.5 Å². The minimum atomic E-state index is -0.695. The number of aliphatic hydroxyl groups excluding tert-OH is 1. The minimum Gasteiger partial charge on any atom is -0.490 e. The molecule has 0 aliphatic carbocycles. The quantitative estimate of drug-likeness (QED) is 0.255. The molecule has 0 spiro atoms. The molecule has 0 bridgehead atoms. The minimum absolute atomic E-state index is 0.0121. The van der Waals surface area contributed by atoms with Crippen molar-refractivity contribution in [2.24, 2.45) is 0 Å². The maximum Gasteiger partial charge on any atom is 0.135 e. The third-order valence-corrected chi connectivity index (χ3v) is 8.58. The Bertz CT molecular complexity index is 1550. The maximum atomic E-state index is 10.3. The molecule has 1 N–H and O–H groups in total. The molecule has 2 atom stereocenters. The Hall–Kier alpha value is -3.34. The van der Waals surface area contributed by atoms with Crippen molar-refractivity contribution in [1.82, 2.24) is 0 Å². The zero-order valence-corrected chi connectivity index (χ0v) is 23.8. The van der Waals surface area contributed by atoms with Gasteiger partial charge in [0, 0.05) is 24.2 Å². The van der Waals surface area contributed by atoms with Crippen LogP contribution in [0.4, 0.5) is 0 Å². The van der Waals surface area contributed by atoms with E-state index in [0.29, 0.717) is 0 Å². The third kappa shape index (κ3) is 4.16. The van der Waals surface area contributed by atoms with Crippen molar-refractivity contribution in [3.05, 3.63) is 98.1 Å². The molecule has 4 aromatic carbocycles. The van der Waals surface area contributed by atoms with Crippen LogP contribution in [0.15, 0.2) is 42.5 Å². The summed E-state index contributed by atoms with van der Waals surface area (Å²) in [5.41, 5.74) is 11.8. The summed E-state index contributed by atoms with van der Waals surface area (Å²) in [6.45, 7) is 15.5. The molecule has 4 aromatic rings. The van der Waals surface area contributed by atoms with Gasteiger partial charge in [-0.3, -0.25) is 0 Å². The second-order valence-electron chi connectivity index (χ2n) is 10.8. The Morgan fingerprint density at radius 2 is 1.32 bits per heavy atom. The van der Waals surface area contributed by atoms with Gasteiger partial charge in [-0.15, -0.1) is 0 Å². The number of hydrogen-bond acceptors (Lipinski definition) is 4. The molecule has 0 aromatic heterocycles. The lowest BCUT2D eigenvalue weighted by Gasteiger charge is -2.36. The Labute approximate surface area is 226 Å². The molecular weight excluding hydrogens is 472 g/mol. The van der Waals surface area contributed by atoms with E-state index in [0.717, 1.165) is 39.5 Å². The van der Waals surface area contributed by atoms with Crippen LogP contribution in [0.2, 0.25) is 0 Å². The average Bonchev–Trinajstić information content (AvgIpc) is 2.92. The summed E-state index contributed by atoms with van der Waals surface area (Å²) < 4.78 is 18.2. The Morgan fingerprint density at radius 3 is 2.00 bits per heavy atom. The summed E-state index contributed by atoms with van der Waals surface area (Å²) in [6, 6.07) is 15.3. The molecule has 2 unspecified atom stereocenters. The van der Waals surface area contributed by atoms with Gasteiger partial charge in [-0.05, 0) is 104 Å². The lowest BCUT2D eigenvalue weighted by atomic mass is 9.75. The average molecular weight is 511 g/mol. The summed E-state index contributed by atoms with van der Waals surface area (Å²) >= 11 is 0. The molecule has 0 radical (unpaired) electrons. The number of hydrogen-bond donors (Lipinski definition) is 1. The van der Waals surface area contributed by atoms with Gasteiger partial charge in [-0.25, -0.2) is 0 Å². The van der Waals surface area contributed by atoms with Gasteiger partial charge in [-0.1, -0.05) is 42.5 Å². The Balaban J connectivity index is 1.80. The summed E-state index contributed by atoms with van der Waals surface area (Å²) in [6.07, 6.45) is -0.695. The number of methoxy groups -OCH3 is 1. The highest BCUT2D eigenvalue weighted by molar-refractivity contribution is 5.84. The molecule has 1 aliphatic rings. The standard InChI is InChI=1S/C34H38O4/c1-18-19(2)21(4)33-29(20(18)3)31(27-14-13-25-11-9-10-12-26(25)15-27)30-24(7)32(37-17-28(35)16-36-8)22(5)23(6)34(30)38-33/h9-15,28,31,35H,16-17H2,1-8H3. The molecule has 198 valence electrons. The van der Waals surface area contributed by atoms with Crippen molar-refractivity contribution in [3.8, 4) is 17.2 Å². The summed E-state index contributed by atoms with van der Waals surface area (Å²) in [5.74, 6) is 2.69. The highest BCUT2D eigenvalue weighted by atomic mass is 16.5. The van der Waals surface area contributed by atoms with Crippen molar-refractivity contribution in [2.45, 2.75) is 60.5 Å². The zero-order valence-electron chi connectivity index (χ0n) is 23.8. The lowest BCUT2D eigenvalue weighted by molar-refractivity contribution is 0.0321. The predicted molar refractivity (Wildman–Crippen MR) is 154 cm³/mol. The van der Waals surface area contributed by atoms with E-state index in [1.165, 1.54) is 44.2 Å². The van der Waals surface area contributed by atoms with Gasteiger partial charge >= 0.3 is 0 Å². The SMILES string of the molecule is COCC(O)COc1c(C)c(C)c2c(c1C)C(c1ccc3ccccc3c1)c1c(C)c(C)c(C)c(C)c1O2. The molecule has 0 saturated carbocycles. The van der Waals surface area contributed by atoms with Gasteiger partial charge in [0.15, 0.2) is 0 Å².